The summed E-state index contributed by atoms with van der Waals surface area (Å²) in [7, 11) is 0. The molecule has 0 radical (unpaired) electrons. The summed E-state index contributed by atoms with van der Waals surface area (Å²) < 4.78 is 0. The zero-order valence-corrected chi connectivity index (χ0v) is 11.5. The van der Waals surface area contributed by atoms with Gasteiger partial charge in [0.15, 0.2) is 0 Å². The minimum Gasteiger partial charge on any atom is -0.379 e. The SMILES string of the molecule is Clc1ccc(CNc2cccc3cn[nH]c23)c(Cl)c1. The number of H-pyrrole nitrogens is 1. The van der Waals surface area contributed by atoms with Crippen LogP contribution in [0.2, 0.25) is 10.0 Å². The van der Waals surface area contributed by atoms with Crippen molar-refractivity contribution in [3.63, 3.8) is 0 Å². The Morgan fingerprint density at radius 2 is 2.05 bits per heavy atom. The van der Waals surface area contributed by atoms with Crippen molar-refractivity contribution in [1.29, 1.82) is 0 Å². The van der Waals surface area contributed by atoms with E-state index in [-0.39, 0.29) is 0 Å². The summed E-state index contributed by atoms with van der Waals surface area (Å²) >= 11 is 12.0. The number of hydrogen-bond acceptors (Lipinski definition) is 2. The third kappa shape index (κ3) is 2.53. The molecule has 0 saturated carbocycles. The van der Waals surface area contributed by atoms with Gasteiger partial charge in [0.2, 0.25) is 0 Å². The predicted molar refractivity (Wildman–Crippen MR) is 79.9 cm³/mol. The second-order valence-electron chi connectivity index (χ2n) is 4.23. The quantitative estimate of drug-likeness (QED) is 0.747. The van der Waals surface area contributed by atoms with E-state index in [1.54, 1.807) is 12.3 Å². The van der Waals surface area contributed by atoms with E-state index in [1.165, 1.54) is 0 Å². The minimum atomic E-state index is 0.633. The summed E-state index contributed by atoms with van der Waals surface area (Å²) in [4.78, 5) is 0. The number of fused-ring (bicyclic) bond motifs is 1. The molecule has 0 spiro atoms. The van der Waals surface area contributed by atoms with Crippen LogP contribution in [0.5, 0.6) is 0 Å². The highest BCUT2D eigenvalue weighted by Gasteiger charge is 2.04. The Morgan fingerprint density at radius 3 is 2.89 bits per heavy atom. The largest absolute Gasteiger partial charge is 0.379 e. The second-order valence-corrected chi connectivity index (χ2v) is 5.07. The molecule has 0 aliphatic carbocycles. The average molecular weight is 292 g/mol. The summed E-state index contributed by atoms with van der Waals surface area (Å²) in [6.07, 6.45) is 1.80. The van der Waals surface area contributed by atoms with E-state index >= 15 is 0 Å². The molecule has 0 saturated heterocycles. The molecular weight excluding hydrogens is 281 g/mol. The molecule has 3 rings (SSSR count). The monoisotopic (exact) mass is 291 g/mol. The van der Waals surface area contributed by atoms with E-state index in [1.807, 2.05) is 30.3 Å². The first-order chi connectivity index (χ1) is 9.24. The predicted octanol–water partition coefficient (Wildman–Crippen LogP) is 4.48. The first kappa shape index (κ1) is 12.3. The van der Waals surface area contributed by atoms with Crippen molar-refractivity contribution < 1.29 is 0 Å². The molecule has 2 N–H and O–H groups in total. The van der Waals surface area contributed by atoms with Gasteiger partial charge in [-0.2, -0.15) is 5.10 Å². The van der Waals surface area contributed by atoms with E-state index in [4.69, 9.17) is 23.2 Å². The lowest BCUT2D eigenvalue weighted by molar-refractivity contribution is 1.11. The summed E-state index contributed by atoms with van der Waals surface area (Å²) in [5.74, 6) is 0. The van der Waals surface area contributed by atoms with Crippen molar-refractivity contribution in [3.05, 3.63) is 58.2 Å². The first-order valence-corrected chi connectivity index (χ1v) is 6.59. The zero-order valence-electron chi connectivity index (χ0n) is 9.95. The highest BCUT2D eigenvalue weighted by Crippen LogP contribution is 2.24. The van der Waals surface area contributed by atoms with E-state index in [0.29, 0.717) is 16.6 Å². The fourth-order valence-electron chi connectivity index (χ4n) is 1.97. The molecule has 2 aromatic carbocycles. The third-order valence-electron chi connectivity index (χ3n) is 2.96. The number of nitrogens with one attached hydrogen (secondary N) is 2. The lowest BCUT2D eigenvalue weighted by Gasteiger charge is -2.09. The van der Waals surface area contributed by atoms with E-state index in [0.717, 1.165) is 22.2 Å². The topological polar surface area (TPSA) is 40.7 Å². The standard InChI is InChI=1S/C14H11Cl2N3/c15-11-5-4-9(12(16)6-11)7-17-13-3-1-2-10-8-18-19-14(10)13/h1-6,8,17H,7H2,(H,18,19). The Hall–Kier alpha value is -1.71. The number of nitrogens with zero attached hydrogens (tertiary/aromatic N) is 1. The van der Waals surface area contributed by atoms with Gasteiger partial charge in [-0.05, 0) is 23.8 Å². The van der Waals surface area contributed by atoms with E-state index in [9.17, 15) is 0 Å². The molecule has 0 aliphatic heterocycles. The Bertz CT molecular complexity index is 722. The molecule has 0 unspecified atom stereocenters. The van der Waals surface area contributed by atoms with Crippen molar-refractivity contribution in [3.8, 4) is 0 Å². The van der Waals surface area contributed by atoms with Gasteiger partial charge in [-0.1, -0.05) is 41.4 Å². The number of anilines is 1. The summed E-state index contributed by atoms with van der Waals surface area (Å²) in [6.45, 7) is 0.633. The van der Waals surface area contributed by atoms with Crippen LogP contribution in [0.15, 0.2) is 42.6 Å². The van der Waals surface area contributed by atoms with Gasteiger partial charge in [0, 0.05) is 22.0 Å². The number of halogens is 2. The van der Waals surface area contributed by atoms with E-state index < -0.39 is 0 Å². The number of aromatic amines is 1. The fraction of sp³-hybridized carbons (Fsp3) is 0.0714. The maximum atomic E-state index is 6.15. The third-order valence-corrected chi connectivity index (χ3v) is 3.55. The van der Waals surface area contributed by atoms with Gasteiger partial charge in [-0.3, -0.25) is 5.10 Å². The summed E-state index contributed by atoms with van der Waals surface area (Å²) in [6, 6.07) is 11.5. The number of aromatic nitrogens is 2. The van der Waals surface area contributed by atoms with Crippen LogP contribution in [0.25, 0.3) is 10.9 Å². The highest BCUT2D eigenvalue weighted by molar-refractivity contribution is 6.35. The van der Waals surface area contributed by atoms with Gasteiger partial charge in [-0.15, -0.1) is 0 Å². The maximum Gasteiger partial charge on any atom is 0.0881 e. The smallest absolute Gasteiger partial charge is 0.0881 e. The van der Waals surface area contributed by atoms with Crippen LogP contribution in [-0.2, 0) is 6.54 Å². The number of benzene rings is 2. The van der Waals surface area contributed by atoms with Crippen LogP contribution in [0.1, 0.15) is 5.56 Å². The molecule has 0 amide bonds. The average Bonchev–Trinajstić information content (AvgIpc) is 2.86. The van der Waals surface area contributed by atoms with Crippen molar-refractivity contribution in [2.75, 3.05) is 5.32 Å². The summed E-state index contributed by atoms with van der Waals surface area (Å²) in [5, 5.41) is 12.8. The van der Waals surface area contributed by atoms with Crippen molar-refractivity contribution >= 4 is 39.8 Å². The number of hydrogen-bond donors (Lipinski definition) is 2. The molecule has 1 heterocycles. The zero-order chi connectivity index (χ0) is 13.2. The Labute approximate surface area is 120 Å². The fourth-order valence-corrected chi connectivity index (χ4v) is 2.45. The van der Waals surface area contributed by atoms with Crippen LogP contribution in [0.4, 0.5) is 5.69 Å². The molecule has 0 atom stereocenters. The van der Waals surface area contributed by atoms with Gasteiger partial charge in [0.25, 0.3) is 0 Å². The molecule has 0 aliphatic rings. The molecule has 5 heteroatoms. The molecule has 3 aromatic rings. The Morgan fingerprint density at radius 1 is 1.16 bits per heavy atom. The molecule has 0 bridgehead atoms. The molecule has 0 fully saturated rings. The van der Waals surface area contributed by atoms with Crippen LogP contribution < -0.4 is 5.32 Å². The van der Waals surface area contributed by atoms with Gasteiger partial charge >= 0.3 is 0 Å². The lowest BCUT2D eigenvalue weighted by Crippen LogP contribution is -2.00. The highest BCUT2D eigenvalue weighted by atomic mass is 35.5. The second kappa shape index (κ2) is 5.11. The normalized spacial score (nSPS) is 10.8. The van der Waals surface area contributed by atoms with Crippen molar-refractivity contribution in [2.45, 2.75) is 6.54 Å². The molecular formula is C14H11Cl2N3. The number of rotatable bonds is 3. The van der Waals surface area contributed by atoms with Crippen molar-refractivity contribution in [1.82, 2.24) is 10.2 Å². The van der Waals surface area contributed by atoms with Crippen LogP contribution in [0.3, 0.4) is 0 Å². The first-order valence-electron chi connectivity index (χ1n) is 5.84. The van der Waals surface area contributed by atoms with Gasteiger partial charge in [0.05, 0.1) is 17.4 Å². The minimum absolute atomic E-state index is 0.633. The molecule has 1 aromatic heterocycles. The maximum absolute atomic E-state index is 6.15. The van der Waals surface area contributed by atoms with Gasteiger partial charge in [-0.25, -0.2) is 0 Å². The van der Waals surface area contributed by atoms with Gasteiger partial charge < -0.3 is 5.32 Å². The lowest BCUT2D eigenvalue weighted by atomic mass is 10.2. The molecule has 19 heavy (non-hydrogen) atoms. The van der Waals surface area contributed by atoms with Crippen LogP contribution >= 0.6 is 23.2 Å². The number of para-hydroxylation sites is 1. The van der Waals surface area contributed by atoms with Crippen LogP contribution in [0, 0.1) is 0 Å². The Kier molecular flexibility index (Phi) is 3.32. The molecule has 3 nitrogen and oxygen atoms in total. The Balaban J connectivity index is 1.84. The van der Waals surface area contributed by atoms with Crippen LogP contribution in [-0.4, -0.2) is 10.2 Å². The van der Waals surface area contributed by atoms with Gasteiger partial charge in [0.1, 0.15) is 0 Å². The van der Waals surface area contributed by atoms with E-state index in [2.05, 4.69) is 15.5 Å². The van der Waals surface area contributed by atoms with Crippen molar-refractivity contribution in [2.24, 2.45) is 0 Å². The summed E-state index contributed by atoms with van der Waals surface area (Å²) in [5.41, 5.74) is 3.00. The molecule has 96 valence electrons.